The molecule has 0 aromatic heterocycles. The topological polar surface area (TPSA) is 133 Å². The third kappa shape index (κ3) is 4.81. The molecule has 10 heteroatoms. The van der Waals surface area contributed by atoms with Crippen LogP contribution < -0.4 is 15.1 Å². The van der Waals surface area contributed by atoms with Crippen LogP contribution in [0.1, 0.15) is 52.7 Å². The molecule has 4 aromatic rings. The summed E-state index contributed by atoms with van der Waals surface area (Å²) in [6, 6.07) is 28.0. The number of methoxy groups -OCH3 is 1. The molecule has 2 saturated heterocycles. The van der Waals surface area contributed by atoms with Gasteiger partial charge in [-0.3, -0.25) is 34.3 Å². The number of aromatic hydroxyl groups is 1. The SMILES string of the molecule is COc1ccc(C2C3=CCC4C(=O)N(c5ccc(C(C)=O)cc5)C(=O)C4C3CC3C(=O)N(Nc4ccc(C)cc4)C(=O)C32c2ccccc2)cc1O. The molecule has 6 atom stereocenters. The van der Waals surface area contributed by atoms with Gasteiger partial charge >= 0.3 is 0 Å². The molecule has 52 heavy (non-hydrogen) atoms. The third-order valence-electron chi connectivity index (χ3n) is 11.5. The predicted octanol–water partition coefficient (Wildman–Crippen LogP) is 6.10. The average Bonchev–Trinajstić information content (AvgIpc) is 3.53. The van der Waals surface area contributed by atoms with Crippen molar-refractivity contribution in [3.8, 4) is 11.5 Å². The Morgan fingerprint density at radius 2 is 1.58 bits per heavy atom. The van der Waals surface area contributed by atoms with Crippen molar-refractivity contribution in [2.75, 3.05) is 17.4 Å². The van der Waals surface area contributed by atoms with Crippen LogP contribution in [0.15, 0.2) is 109 Å². The average molecular weight is 696 g/mol. The van der Waals surface area contributed by atoms with Gasteiger partial charge in [0.05, 0.1) is 41.7 Å². The van der Waals surface area contributed by atoms with Gasteiger partial charge in [0.1, 0.15) is 0 Å². The van der Waals surface area contributed by atoms with Crippen molar-refractivity contribution in [1.82, 2.24) is 5.01 Å². The number of allylic oxidation sites excluding steroid dienone is 2. The van der Waals surface area contributed by atoms with Crippen LogP contribution in [0.3, 0.4) is 0 Å². The van der Waals surface area contributed by atoms with E-state index in [1.54, 1.807) is 54.6 Å². The van der Waals surface area contributed by atoms with Crippen molar-refractivity contribution < 1.29 is 33.8 Å². The molecule has 4 aromatic carbocycles. The number of nitrogens with zero attached hydrogens (tertiary/aromatic N) is 2. The van der Waals surface area contributed by atoms with Gasteiger partial charge in [-0.2, -0.15) is 5.01 Å². The normalized spacial score (nSPS) is 26.4. The second kappa shape index (κ2) is 12.3. The molecule has 1 saturated carbocycles. The van der Waals surface area contributed by atoms with Crippen molar-refractivity contribution in [3.05, 3.63) is 131 Å². The van der Waals surface area contributed by atoms with Crippen molar-refractivity contribution in [2.45, 2.75) is 38.0 Å². The van der Waals surface area contributed by atoms with Gasteiger partial charge in [0.25, 0.3) is 11.8 Å². The van der Waals surface area contributed by atoms with Gasteiger partial charge < -0.3 is 9.84 Å². The highest BCUT2D eigenvalue weighted by Gasteiger charge is 2.70. The summed E-state index contributed by atoms with van der Waals surface area (Å²) in [5, 5.41) is 12.2. The zero-order valence-corrected chi connectivity index (χ0v) is 28.9. The molecule has 262 valence electrons. The number of hydrogen-bond donors (Lipinski definition) is 2. The number of nitrogens with one attached hydrogen (secondary N) is 1. The van der Waals surface area contributed by atoms with Crippen molar-refractivity contribution >= 4 is 40.8 Å². The van der Waals surface area contributed by atoms with Crippen molar-refractivity contribution in [1.29, 1.82) is 0 Å². The summed E-state index contributed by atoms with van der Waals surface area (Å²) in [4.78, 5) is 71.7. The molecule has 4 amide bonds. The predicted molar refractivity (Wildman–Crippen MR) is 192 cm³/mol. The van der Waals surface area contributed by atoms with Crippen LogP contribution in [-0.4, -0.2) is 46.6 Å². The lowest BCUT2D eigenvalue weighted by atomic mass is 9.49. The third-order valence-corrected chi connectivity index (χ3v) is 11.5. The fourth-order valence-electron chi connectivity index (χ4n) is 9.11. The van der Waals surface area contributed by atoms with Gasteiger partial charge in [0.2, 0.25) is 11.8 Å². The smallest absolute Gasteiger partial charge is 0.260 e. The molecule has 0 spiro atoms. The number of phenols is 1. The summed E-state index contributed by atoms with van der Waals surface area (Å²) in [7, 11) is 1.45. The number of carbonyl (C=O) groups excluding carboxylic acids is 5. The number of phenolic OH excluding ortho intramolecular Hbond substituents is 1. The molecule has 2 aliphatic heterocycles. The fourth-order valence-corrected chi connectivity index (χ4v) is 9.11. The molecule has 10 nitrogen and oxygen atoms in total. The number of fused-ring (bicyclic) bond motifs is 4. The molecule has 6 unspecified atom stereocenters. The Hall–Kier alpha value is -6.03. The summed E-state index contributed by atoms with van der Waals surface area (Å²) in [5.41, 5.74) is 6.05. The number of hydrazine groups is 1. The molecule has 2 heterocycles. The molecule has 3 fully saturated rings. The fraction of sp³-hybridized carbons (Fsp3) is 0.262. The van der Waals surface area contributed by atoms with E-state index in [0.717, 1.165) is 16.1 Å². The monoisotopic (exact) mass is 695 g/mol. The number of carbonyl (C=O) groups is 5. The summed E-state index contributed by atoms with van der Waals surface area (Å²) in [6.07, 6.45) is 2.37. The maximum Gasteiger partial charge on any atom is 0.260 e. The number of ether oxygens (including phenoxy) is 1. The quantitative estimate of drug-likeness (QED) is 0.135. The summed E-state index contributed by atoms with van der Waals surface area (Å²) in [5.74, 6) is -5.35. The standard InChI is InChI=1S/C42H37N3O7/c1-23-9-14-28(15-10-23)43-45-39(49)33-22-32-30(18-19-31-36(32)40(50)44(38(31)48)29-16-11-25(12-17-29)24(2)46)37(26-13-20-35(52-3)34(47)21-26)42(33,41(45)51)27-7-5-4-6-8-27/h4-18,20-21,31-33,36-37,43,47H,19,22H2,1-3H3. The van der Waals surface area contributed by atoms with E-state index in [-0.39, 0.29) is 41.9 Å². The van der Waals surface area contributed by atoms with E-state index in [1.165, 1.54) is 18.9 Å². The lowest BCUT2D eigenvalue weighted by molar-refractivity contribution is -0.138. The zero-order chi connectivity index (χ0) is 36.5. The molecule has 2 aliphatic carbocycles. The summed E-state index contributed by atoms with van der Waals surface area (Å²) in [6.45, 7) is 3.40. The van der Waals surface area contributed by atoms with Crippen molar-refractivity contribution in [3.63, 3.8) is 0 Å². The first-order chi connectivity index (χ1) is 25.1. The Morgan fingerprint density at radius 3 is 2.23 bits per heavy atom. The van der Waals surface area contributed by atoms with E-state index in [9.17, 15) is 24.3 Å². The number of benzene rings is 4. The van der Waals surface area contributed by atoms with Gasteiger partial charge in [-0.15, -0.1) is 0 Å². The van der Waals surface area contributed by atoms with E-state index in [1.807, 2.05) is 55.5 Å². The van der Waals surface area contributed by atoms with Gasteiger partial charge in [-0.25, -0.2) is 0 Å². The molecule has 2 N–H and O–H groups in total. The number of hydrogen-bond acceptors (Lipinski definition) is 8. The minimum absolute atomic E-state index is 0.130. The van der Waals surface area contributed by atoms with E-state index in [2.05, 4.69) is 5.43 Å². The van der Waals surface area contributed by atoms with Crippen LogP contribution in [0.4, 0.5) is 11.4 Å². The summed E-state index contributed by atoms with van der Waals surface area (Å²) < 4.78 is 5.37. The minimum atomic E-state index is -1.46. The number of imide groups is 2. The van der Waals surface area contributed by atoms with E-state index in [4.69, 9.17) is 4.74 Å². The van der Waals surface area contributed by atoms with Gasteiger partial charge in [-0.05, 0) is 92.3 Å². The minimum Gasteiger partial charge on any atom is -0.504 e. The van der Waals surface area contributed by atoms with Crippen LogP contribution in [0.2, 0.25) is 0 Å². The molecule has 0 radical (unpaired) electrons. The Labute approximate surface area is 300 Å². The number of Topliss-reactive ketones (excluding diaryl/α,β-unsaturated/α-hetero) is 1. The van der Waals surface area contributed by atoms with Crippen LogP contribution >= 0.6 is 0 Å². The second-order valence-corrected chi connectivity index (χ2v) is 14.1. The lowest BCUT2D eigenvalue weighted by Gasteiger charge is -2.50. The Bertz CT molecular complexity index is 2180. The summed E-state index contributed by atoms with van der Waals surface area (Å²) >= 11 is 0. The lowest BCUT2D eigenvalue weighted by Crippen LogP contribution is -2.53. The van der Waals surface area contributed by atoms with Gasteiger partial charge in [0, 0.05) is 11.5 Å². The number of rotatable bonds is 7. The maximum absolute atomic E-state index is 15.2. The number of anilines is 2. The Morgan fingerprint density at radius 1 is 0.865 bits per heavy atom. The largest absolute Gasteiger partial charge is 0.504 e. The van der Waals surface area contributed by atoms with Crippen LogP contribution in [-0.2, 0) is 24.6 Å². The van der Waals surface area contributed by atoms with Crippen molar-refractivity contribution in [2.24, 2.45) is 23.7 Å². The maximum atomic E-state index is 15.2. The first-order valence-electron chi connectivity index (χ1n) is 17.4. The van der Waals surface area contributed by atoms with Crippen LogP contribution in [0.25, 0.3) is 0 Å². The molecule has 8 rings (SSSR count). The van der Waals surface area contributed by atoms with Gasteiger partial charge in [-0.1, -0.05) is 65.7 Å². The van der Waals surface area contributed by atoms with Crippen LogP contribution in [0.5, 0.6) is 11.5 Å². The zero-order valence-electron chi connectivity index (χ0n) is 28.9. The molecular formula is C42H37N3O7. The first-order valence-corrected chi connectivity index (χ1v) is 17.4. The van der Waals surface area contributed by atoms with Gasteiger partial charge in [0.15, 0.2) is 17.3 Å². The highest BCUT2D eigenvalue weighted by molar-refractivity contribution is 6.22. The Kier molecular flexibility index (Phi) is 7.86. The van der Waals surface area contributed by atoms with E-state index >= 15 is 4.79 Å². The Balaban J connectivity index is 1.30. The second-order valence-electron chi connectivity index (χ2n) is 14.1. The number of amides is 4. The molecule has 0 bridgehead atoms. The van der Waals surface area contributed by atoms with Crippen LogP contribution in [0, 0.1) is 30.6 Å². The van der Waals surface area contributed by atoms with E-state index < -0.39 is 46.8 Å². The number of aryl methyl sites for hydroxylation is 1. The number of ketones is 1. The highest BCUT2D eigenvalue weighted by atomic mass is 16.5. The molecule has 4 aliphatic rings. The molecular weight excluding hydrogens is 658 g/mol. The highest BCUT2D eigenvalue weighted by Crippen LogP contribution is 2.64. The van der Waals surface area contributed by atoms with E-state index in [0.29, 0.717) is 28.1 Å². The first kappa shape index (κ1) is 33.1.